The molecule has 0 radical (unpaired) electrons. The Morgan fingerprint density at radius 2 is 1.42 bits per heavy atom. The first kappa shape index (κ1) is 30.9. The van der Waals surface area contributed by atoms with E-state index in [0.717, 1.165) is 22.8 Å². The van der Waals surface area contributed by atoms with E-state index in [4.69, 9.17) is 0 Å². The Bertz CT molecular complexity index is 598. The minimum Gasteiger partial charge on any atom is -1.00 e. The molecule has 2 heterocycles. The van der Waals surface area contributed by atoms with Crippen LogP contribution in [0, 0.1) is 17.5 Å². The maximum Gasteiger partial charge on any atom is 1.00 e. The van der Waals surface area contributed by atoms with E-state index in [1.807, 2.05) is 19.9 Å². The van der Waals surface area contributed by atoms with E-state index in [2.05, 4.69) is 98.0 Å². The van der Waals surface area contributed by atoms with Gasteiger partial charge in [0.1, 0.15) is 8.30 Å². The van der Waals surface area contributed by atoms with Crippen molar-refractivity contribution in [2.24, 2.45) is 0 Å². The number of nitrogens with zero attached hydrogens (tertiary/aromatic N) is 2. The average molecular weight is 777 g/mol. The number of hydrogen-bond acceptors (Lipinski definition) is 3. The van der Waals surface area contributed by atoms with Gasteiger partial charge in [0, 0.05) is 28.3 Å². The van der Waals surface area contributed by atoms with Gasteiger partial charge in [-0.2, -0.15) is 0 Å². The first-order valence-electron chi connectivity index (χ1n) is 5.84. The molecule has 0 spiro atoms. The van der Waals surface area contributed by atoms with Gasteiger partial charge in [0.25, 0.3) is 0 Å². The number of aromatic nitrogens is 2. The van der Waals surface area contributed by atoms with Gasteiger partial charge in [-0.05, 0) is 119 Å². The SMILES string of the molecule is CC(=O)Cl.Cc1cc(Br)cnc1Br.Cc1cc(Br)cnc1I.[I-].[Na+]. The molecule has 0 aromatic carbocycles. The van der Waals surface area contributed by atoms with Crippen LogP contribution in [0.2, 0.25) is 0 Å². The molecule has 0 saturated carbocycles. The summed E-state index contributed by atoms with van der Waals surface area (Å²) in [6.45, 7) is 5.34. The van der Waals surface area contributed by atoms with Crippen molar-refractivity contribution in [3.63, 3.8) is 0 Å². The molecular formula is C14H13Br3ClI2N2NaO. The standard InChI is InChI=1S/C6H5Br2N.C6H5BrIN.C2H3ClO.HI.Na/c2*1-4-2-5(7)3-9-6(4)8;1-2(3)4;;/h2*2-3H,1H3;1H3;1H;/q;;;;+1/p-1. The molecule has 128 valence electrons. The number of carbonyl (C=O) groups is 1. The van der Waals surface area contributed by atoms with E-state index < -0.39 is 0 Å². The zero-order chi connectivity index (χ0) is 17.3. The summed E-state index contributed by atoms with van der Waals surface area (Å²) in [6.07, 6.45) is 3.56. The van der Waals surface area contributed by atoms with Crippen molar-refractivity contribution >= 4 is 87.2 Å². The molecule has 2 rings (SSSR count). The average Bonchev–Trinajstić information content (AvgIpc) is 2.39. The summed E-state index contributed by atoms with van der Waals surface area (Å²) < 4.78 is 4.03. The number of carbonyl (C=O) groups excluding carboxylic acids is 1. The maximum atomic E-state index is 9.21. The molecule has 2 aromatic rings. The molecular weight excluding hydrogens is 764 g/mol. The molecule has 0 aliphatic carbocycles. The van der Waals surface area contributed by atoms with E-state index in [9.17, 15) is 4.79 Å². The van der Waals surface area contributed by atoms with Crippen LogP contribution < -0.4 is 53.5 Å². The smallest absolute Gasteiger partial charge is 1.00 e. The Kier molecular flexibility index (Phi) is 22.2. The third kappa shape index (κ3) is 16.3. The molecule has 24 heavy (non-hydrogen) atoms. The molecule has 0 unspecified atom stereocenters. The second kappa shape index (κ2) is 17.3. The molecule has 3 nitrogen and oxygen atoms in total. The number of rotatable bonds is 0. The summed E-state index contributed by atoms with van der Waals surface area (Å²) in [6, 6.07) is 4.06. The monoisotopic (exact) mass is 774 g/mol. The van der Waals surface area contributed by atoms with Crippen LogP contribution in [0.5, 0.6) is 0 Å². The van der Waals surface area contributed by atoms with Crippen molar-refractivity contribution in [2.75, 3.05) is 0 Å². The summed E-state index contributed by atoms with van der Waals surface area (Å²) in [5.41, 5.74) is 2.36. The van der Waals surface area contributed by atoms with E-state index in [1.165, 1.54) is 12.5 Å². The van der Waals surface area contributed by atoms with E-state index in [0.29, 0.717) is 0 Å². The fraction of sp³-hybridized carbons (Fsp3) is 0.214. The van der Waals surface area contributed by atoms with Crippen LogP contribution in [0.3, 0.4) is 0 Å². The minimum atomic E-state index is -0.361. The third-order valence-corrected chi connectivity index (χ3v) is 4.79. The molecule has 0 N–H and O–H groups in total. The largest absolute Gasteiger partial charge is 1.00 e. The van der Waals surface area contributed by atoms with Crippen molar-refractivity contribution in [1.29, 1.82) is 0 Å². The summed E-state index contributed by atoms with van der Waals surface area (Å²) in [7, 11) is 0. The van der Waals surface area contributed by atoms with Crippen LogP contribution in [0.4, 0.5) is 0 Å². The third-order valence-electron chi connectivity index (χ3n) is 1.96. The van der Waals surface area contributed by atoms with Gasteiger partial charge in [0.2, 0.25) is 5.24 Å². The first-order chi connectivity index (χ1) is 10.1. The van der Waals surface area contributed by atoms with Crippen molar-refractivity contribution in [3.05, 3.63) is 52.9 Å². The van der Waals surface area contributed by atoms with E-state index in [1.54, 1.807) is 12.4 Å². The van der Waals surface area contributed by atoms with Crippen LogP contribution in [0.15, 0.2) is 38.1 Å². The van der Waals surface area contributed by atoms with Crippen molar-refractivity contribution in [2.45, 2.75) is 20.8 Å². The molecule has 0 aliphatic heterocycles. The fourth-order valence-electron chi connectivity index (χ4n) is 1.05. The predicted octanol–water partition coefficient (Wildman–Crippen LogP) is 0.452. The Balaban J connectivity index is -0.000000283. The van der Waals surface area contributed by atoms with Crippen LogP contribution in [-0.4, -0.2) is 15.2 Å². The van der Waals surface area contributed by atoms with Gasteiger partial charge in [-0.1, -0.05) is 0 Å². The number of hydrogen-bond donors (Lipinski definition) is 0. The van der Waals surface area contributed by atoms with Crippen molar-refractivity contribution < 1.29 is 58.3 Å². The van der Waals surface area contributed by atoms with Gasteiger partial charge in [0.05, 0.1) is 0 Å². The second-order valence-electron chi connectivity index (χ2n) is 3.99. The van der Waals surface area contributed by atoms with Gasteiger partial charge in [-0.15, -0.1) is 0 Å². The summed E-state index contributed by atoms with van der Waals surface area (Å²) in [5, 5.41) is -0.361. The summed E-state index contributed by atoms with van der Waals surface area (Å²) in [4.78, 5) is 17.4. The Morgan fingerprint density at radius 3 is 1.71 bits per heavy atom. The fourth-order valence-corrected chi connectivity index (χ4v) is 2.45. The second-order valence-corrected chi connectivity index (χ2v) is 8.13. The van der Waals surface area contributed by atoms with E-state index in [-0.39, 0.29) is 58.8 Å². The quantitative estimate of drug-likeness (QED) is 0.169. The van der Waals surface area contributed by atoms with Gasteiger partial charge in [0.15, 0.2) is 0 Å². The van der Waals surface area contributed by atoms with Crippen molar-refractivity contribution in [1.82, 2.24) is 9.97 Å². The normalized spacial score (nSPS) is 8.33. The van der Waals surface area contributed by atoms with Crippen LogP contribution in [0.25, 0.3) is 0 Å². The number of halogens is 6. The first-order valence-corrected chi connectivity index (χ1v) is 9.68. The zero-order valence-corrected chi connectivity index (χ0v) is 25.2. The minimum absolute atomic E-state index is 0. The number of aryl methyl sites for hydroxylation is 2. The topological polar surface area (TPSA) is 42.9 Å². The van der Waals surface area contributed by atoms with Gasteiger partial charge in [-0.3, -0.25) is 4.79 Å². The van der Waals surface area contributed by atoms with Gasteiger partial charge >= 0.3 is 29.6 Å². The van der Waals surface area contributed by atoms with Crippen molar-refractivity contribution in [3.8, 4) is 0 Å². The molecule has 0 saturated heterocycles. The van der Waals surface area contributed by atoms with Crippen LogP contribution in [0.1, 0.15) is 18.1 Å². The van der Waals surface area contributed by atoms with E-state index >= 15 is 0 Å². The molecule has 2 aromatic heterocycles. The van der Waals surface area contributed by atoms with Crippen LogP contribution in [-0.2, 0) is 4.79 Å². The Hall–Kier alpha value is 2.16. The molecule has 0 bridgehead atoms. The zero-order valence-electron chi connectivity index (χ0n) is 13.4. The molecule has 10 heteroatoms. The maximum absolute atomic E-state index is 9.21. The van der Waals surface area contributed by atoms with Crippen LogP contribution >= 0.6 is 82.0 Å². The number of pyridine rings is 2. The molecule has 0 amide bonds. The Labute approximate surface area is 225 Å². The summed E-state index contributed by atoms with van der Waals surface area (Å²) >= 11 is 16.8. The molecule has 0 atom stereocenters. The molecule has 0 fully saturated rings. The van der Waals surface area contributed by atoms with Gasteiger partial charge < -0.3 is 24.0 Å². The molecule has 0 aliphatic rings. The summed E-state index contributed by atoms with van der Waals surface area (Å²) in [5.74, 6) is 0. The Morgan fingerprint density at radius 1 is 1.04 bits per heavy atom. The predicted molar refractivity (Wildman–Crippen MR) is 110 cm³/mol. The van der Waals surface area contributed by atoms with Gasteiger partial charge in [-0.25, -0.2) is 9.97 Å².